The molecule has 21 heavy (non-hydrogen) atoms. The zero-order valence-electron chi connectivity index (χ0n) is 13.9. The van der Waals surface area contributed by atoms with Crippen LogP contribution >= 0.6 is 11.3 Å². The number of rotatable bonds is 12. The van der Waals surface area contributed by atoms with Crippen LogP contribution in [-0.4, -0.2) is 17.3 Å². The molecule has 0 aromatic carbocycles. The van der Waals surface area contributed by atoms with Crippen molar-refractivity contribution < 1.29 is 5.11 Å². The molecule has 0 radical (unpaired) electrons. The van der Waals surface area contributed by atoms with E-state index in [-0.39, 0.29) is 6.61 Å². The fraction of sp³-hybridized carbons (Fsp3) is 0.778. The van der Waals surface area contributed by atoms with Crippen molar-refractivity contribution in [2.45, 2.75) is 83.6 Å². The van der Waals surface area contributed by atoms with Gasteiger partial charge < -0.3 is 10.8 Å². The van der Waals surface area contributed by atoms with Crippen LogP contribution in [0.2, 0.25) is 0 Å². The molecular formula is C18H33NOS. The Balaban J connectivity index is 2.23. The average Bonchev–Trinajstić information content (AvgIpc) is 2.96. The zero-order valence-corrected chi connectivity index (χ0v) is 14.7. The van der Waals surface area contributed by atoms with Crippen molar-refractivity contribution in [2.75, 3.05) is 6.61 Å². The van der Waals surface area contributed by atoms with Crippen LogP contribution in [0.4, 0.5) is 0 Å². The summed E-state index contributed by atoms with van der Waals surface area (Å²) in [5, 5.41) is 9.35. The van der Waals surface area contributed by atoms with Crippen LogP contribution in [0.3, 0.4) is 0 Å². The summed E-state index contributed by atoms with van der Waals surface area (Å²) in [4.78, 5) is 2.91. The summed E-state index contributed by atoms with van der Waals surface area (Å²) in [7, 11) is 0. The molecule has 0 saturated carbocycles. The lowest BCUT2D eigenvalue weighted by molar-refractivity contribution is 0.183. The summed E-state index contributed by atoms with van der Waals surface area (Å²) < 4.78 is 0. The van der Waals surface area contributed by atoms with Crippen molar-refractivity contribution in [3.8, 4) is 0 Å². The highest BCUT2D eigenvalue weighted by Gasteiger charge is 2.21. The second-order valence-corrected chi connectivity index (χ2v) is 7.51. The molecule has 0 bridgehead atoms. The molecule has 3 heteroatoms. The Labute approximate surface area is 134 Å². The molecule has 0 aliphatic heterocycles. The molecule has 1 atom stereocenters. The minimum atomic E-state index is -0.399. The van der Waals surface area contributed by atoms with Gasteiger partial charge in [0.15, 0.2) is 0 Å². The number of hydrogen-bond acceptors (Lipinski definition) is 3. The average molecular weight is 312 g/mol. The van der Waals surface area contributed by atoms with Gasteiger partial charge in [0.1, 0.15) is 0 Å². The van der Waals surface area contributed by atoms with Gasteiger partial charge in [-0.15, -0.1) is 11.3 Å². The number of aliphatic hydroxyl groups excluding tert-OH is 1. The lowest BCUT2D eigenvalue weighted by atomic mass is 9.92. The molecule has 0 aliphatic carbocycles. The third-order valence-electron chi connectivity index (χ3n) is 4.38. The van der Waals surface area contributed by atoms with Crippen LogP contribution in [0.15, 0.2) is 12.1 Å². The number of nitrogens with two attached hydrogens (primary N) is 1. The molecule has 1 aromatic heterocycles. The van der Waals surface area contributed by atoms with E-state index in [0.29, 0.717) is 0 Å². The van der Waals surface area contributed by atoms with Crippen molar-refractivity contribution in [2.24, 2.45) is 5.73 Å². The van der Waals surface area contributed by atoms with Crippen molar-refractivity contribution in [1.29, 1.82) is 0 Å². The first kappa shape index (κ1) is 18.7. The maximum Gasteiger partial charge on any atom is 0.0611 e. The van der Waals surface area contributed by atoms with E-state index in [4.69, 9.17) is 5.73 Å². The molecule has 0 amide bonds. The first-order valence-corrected chi connectivity index (χ1v) is 9.42. The maximum absolute atomic E-state index is 9.35. The second kappa shape index (κ2) is 10.4. The van der Waals surface area contributed by atoms with Crippen LogP contribution < -0.4 is 5.73 Å². The second-order valence-electron chi connectivity index (χ2n) is 6.26. The van der Waals surface area contributed by atoms with Gasteiger partial charge in [0, 0.05) is 15.3 Å². The molecule has 2 nitrogen and oxygen atoms in total. The molecule has 0 fully saturated rings. The molecule has 1 rings (SSSR count). The van der Waals surface area contributed by atoms with E-state index in [9.17, 15) is 5.11 Å². The fourth-order valence-electron chi connectivity index (χ4n) is 2.51. The van der Waals surface area contributed by atoms with Crippen LogP contribution in [-0.2, 0) is 12.8 Å². The van der Waals surface area contributed by atoms with E-state index in [1.165, 1.54) is 54.7 Å². The minimum absolute atomic E-state index is 0.0828. The highest BCUT2D eigenvalue weighted by Crippen LogP contribution is 2.23. The Hall–Kier alpha value is -0.380. The van der Waals surface area contributed by atoms with Gasteiger partial charge in [0.05, 0.1) is 6.61 Å². The highest BCUT2D eigenvalue weighted by molar-refractivity contribution is 7.11. The smallest absolute Gasteiger partial charge is 0.0611 e. The lowest BCUT2D eigenvalue weighted by Crippen LogP contribution is -2.43. The molecule has 1 unspecified atom stereocenters. The number of hydrogen-bond donors (Lipinski definition) is 2. The molecular weight excluding hydrogens is 278 g/mol. The van der Waals surface area contributed by atoms with E-state index < -0.39 is 5.54 Å². The Bertz CT molecular complexity index is 371. The monoisotopic (exact) mass is 311 g/mol. The zero-order chi connectivity index (χ0) is 15.6. The number of thiophene rings is 1. The van der Waals surface area contributed by atoms with Crippen molar-refractivity contribution in [3.05, 3.63) is 21.9 Å². The minimum Gasteiger partial charge on any atom is -0.394 e. The highest BCUT2D eigenvalue weighted by atomic mass is 32.1. The molecule has 1 heterocycles. The molecule has 0 aliphatic rings. The van der Waals surface area contributed by atoms with Gasteiger partial charge in [0.25, 0.3) is 0 Å². The molecule has 122 valence electrons. The number of unbranched alkanes of at least 4 members (excludes halogenated alkanes) is 5. The normalized spacial score (nSPS) is 14.3. The maximum atomic E-state index is 9.35. The Morgan fingerprint density at radius 2 is 1.62 bits per heavy atom. The van der Waals surface area contributed by atoms with Gasteiger partial charge in [-0.1, -0.05) is 46.0 Å². The SMILES string of the molecule is CCCCCCCCc1ccc(CCC(N)(CC)CO)s1. The van der Waals surface area contributed by atoms with E-state index in [2.05, 4.69) is 26.0 Å². The first-order chi connectivity index (χ1) is 10.1. The third kappa shape index (κ3) is 7.44. The van der Waals surface area contributed by atoms with Crippen LogP contribution in [0.1, 0.15) is 75.0 Å². The summed E-state index contributed by atoms with van der Waals surface area (Å²) in [5.74, 6) is 0. The van der Waals surface area contributed by atoms with Crippen molar-refractivity contribution in [3.63, 3.8) is 0 Å². The van der Waals surface area contributed by atoms with Gasteiger partial charge in [-0.2, -0.15) is 0 Å². The van der Waals surface area contributed by atoms with Gasteiger partial charge >= 0.3 is 0 Å². The third-order valence-corrected chi connectivity index (χ3v) is 5.59. The topological polar surface area (TPSA) is 46.2 Å². The Kier molecular flexibility index (Phi) is 9.21. The predicted octanol–water partition coefficient (Wildman–Crippen LogP) is 4.68. The Morgan fingerprint density at radius 1 is 1.00 bits per heavy atom. The summed E-state index contributed by atoms with van der Waals surface area (Å²) in [5.41, 5.74) is 5.74. The van der Waals surface area contributed by atoms with Crippen LogP contribution in [0.5, 0.6) is 0 Å². The fourth-order valence-corrected chi connectivity index (χ4v) is 3.57. The van der Waals surface area contributed by atoms with Crippen molar-refractivity contribution >= 4 is 11.3 Å². The standard InChI is InChI=1S/C18H33NOS/c1-3-5-6-7-8-9-10-16-11-12-17(21-16)13-14-18(19,4-2)15-20/h11-12,20H,3-10,13-15,19H2,1-2H3. The van der Waals surface area contributed by atoms with Crippen LogP contribution in [0.25, 0.3) is 0 Å². The Morgan fingerprint density at radius 3 is 2.24 bits per heavy atom. The van der Waals surface area contributed by atoms with Crippen LogP contribution in [0, 0.1) is 0 Å². The summed E-state index contributed by atoms with van der Waals surface area (Å²) in [6.07, 6.45) is 12.1. The quantitative estimate of drug-likeness (QED) is 0.550. The molecule has 3 N–H and O–H groups in total. The summed E-state index contributed by atoms with van der Waals surface area (Å²) >= 11 is 1.93. The molecule has 1 aromatic rings. The predicted molar refractivity (Wildman–Crippen MR) is 94.0 cm³/mol. The van der Waals surface area contributed by atoms with Gasteiger partial charge in [-0.3, -0.25) is 0 Å². The number of aliphatic hydroxyl groups is 1. The van der Waals surface area contributed by atoms with E-state index in [0.717, 1.165) is 19.3 Å². The van der Waals surface area contributed by atoms with E-state index in [1.807, 2.05) is 11.3 Å². The van der Waals surface area contributed by atoms with Gasteiger partial charge in [0.2, 0.25) is 0 Å². The summed E-state index contributed by atoms with van der Waals surface area (Å²) in [6, 6.07) is 4.51. The first-order valence-electron chi connectivity index (χ1n) is 8.61. The molecule has 0 saturated heterocycles. The van der Waals surface area contributed by atoms with E-state index >= 15 is 0 Å². The van der Waals surface area contributed by atoms with Crippen molar-refractivity contribution in [1.82, 2.24) is 0 Å². The largest absolute Gasteiger partial charge is 0.394 e. The van der Waals surface area contributed by atoms with E-state index in [1.54, 1.807) is 0 Å². The molecule has 0 spiro atoms. The lowest BCUT2D eigenvalue weighted by Gasteiger charge is -2.25. The summed E-state index contributed by atoms with van der Waals surface area (Å²) in [6.45, 7) is 4.40. The van der Waals surface area contributed by atoms with Gasteiger partial charge in [-0.05, 0) is 44.2 Å². The van der Waals surface area contributed by atoms with Gasteiger partial charge in [-0.25, -0.2) is 0 Å². The number of aryl methyl sites for hydroxylation is 2.